The molecule has 2 aromatic carbocycles. The SMILES string of the molecule is CCC(=O)N1CCOc2c(cc(-c3ccc(OC)c(OC)c3)cc2OC[C@H]2CCCN(C(C)C)C2)C1. The number of benzene rings is 2. The van der Waals surface area contributed by atoms with Crippen LogP contribution in [-0.2, 0) is 11.3 Å². The molecule has 36 heavy (non-hydrogen) atoms. The maximum Gasteiger partial charge on any atom is 0.222 e. The maximum absolute atomic E-state index is 12.5. The Morgan fingerprint density at radius 1 is 1.06 bits per heavy atom. The lowest BCUT2D eigenvalue weighted by atomic mass is 9.97. The third kappa shape index (κ3) is 5.89. The molecule has 2 heterocycles. The number of hydrogen-bond donors (Lipinski definition) is 0. The highest BCUT2D eigenvalue weighted by Crippen LogP contribution is 2.41. The van der Waals surface area contributed by atoms with Crippen LogP contribution in [0.3, 0.4) is 0 Å². The summed E-state index contributed by atoms with van der Waals surface area (Å²) in [5, 5.41) is 0. The summed E-state index contributed by atoms with van der Waals surface area (Å²) < 4.78 is 23.7. The number of carbonyl (C=O) groups is 1. The number of amides is 1. The molecule has 0 spiro atoms. The first-order valence-electron chi connectivity index (χ1n) is 13.1. The highest BCUT2D eigenvalue weighted by Gasteiger charge is 2.26. The van der Waals surface area contributed by atoms with Gasteiger partial charge in [0.05, 0.1) is 27.4 Å². The fourth-order valence-electron chi connectivity index (χ4n) is 5.12. The van der Waals surface area contributed by atoms with E-state index in [2.05, 4.69) is 30.9 Å². The molecule has 4 rings (SSSR count). The standard InChI is InChI=1S/C29H40N2O5/c1-6-28(32)31-12-13-35-29-24(18-31)14-23(22-9-10-25(33-4)26(15-22)34-5)16-27(29)36-19-21-8-7-11-30(17-21)20(2)3/h9-10,14-16,20-21H,6-8,11-13,17-19H2,1-5H3/t21-/m0/s1. The molecule has 1 saturated heterocycles. The molecule has 196 valence electrons. The largest absolute Gasteiger partial charge is 0.493 e. The number of rotatable bonds is 8. The fourth-order valence-corrected chi connectivity index (χ4v) is 5.12. The van der Waals surface area contributed by atoms with Crippen molar-refractivity contribution in [2.45, 2.75) is 52.6 Å². The zero-order valence-corrected chi connectivity index (χ0v) is 22.3. The van der Waals surface area contributed by atoms with E-state index in [0.717, 1.165) is 41.3 Å². The summed E-state index contributed by atoms with van der Waals surface area (Å²) >= 11 is 0. The van der Waals surface area contributed by atoms with E-state index < -0.39 is 0 Å². The first-order valence-corrected chi connectivity index (χ1v) is 13.1. The predicted molar refractivity (Wildman–Crippen MR) is 141 cm³/mol. The zero-order valence-electron chi connectivity index (χ0n) is 22.3. The molecule has 0 bridgehead atoms. The monoisotopic (exact) mass is 496 g/mol. The van der Waals surface area contributed by atoms with Crippen molar-refractivity contribution < 1.29 is 23.7 Å². The molecule has 1 fully saturated rings. The lowest BCUT2D eigenvalue weighted by molar-refractivity contribution is -0.131. The maximum atomic E-state index is 12.5. The molecular formula is C29H40N2O5. The number of fused-ring (bicyclic) bond motifs is 1. The lowest BCUT2D eigenvalue weighted by Crippen LogP contribution is -2.41. The normalized spacial score (nSPS) is 18.3. The summed E-state index contributed by atoms with van der Waals surface area (Å²) in [6, 6.07) is 10.6. The van der Waals surface area contributed by atoms with Crippen molar-refractivity contribution in [1.29, 1.82) is 0 Å². The van der Waals surface area contributed by atoms with E-state index in [4.69, 9.17) is 18.9 Å². The van der Waals surface area contributed by atoms with Gasteiger partial charge in [0.15, 0.2) is 23.0 Å². The van der Waals surface area contributed by atoms with Crippen LogP contribution in [0.2, 0.25) is 0 Å². The van der Waals surface area contributed by atoms with Crippen LogP contribution >= 0.6 is 0 Å². The molecule has 1 atom stereocenters. The molecule has 7 nitrogen and oxygen atoms in total. The smallest absolute Gasteiger partial charge is 0.222 e. The highest BCUT2D eigenvalue weighted by molar-refractivity contribution is 5.77. The summed E-state index contributed by atoms with van der Waals surface area (Å²) in [5.41, 5.74) is 2.94. The molecule has 0 unspecified atom stereocenters. The highest BCUT2D eigenvalue weighted by atomic mass is 16.5. The molecule has 0 aliphatic carbocycles. The van der Waals surface area contributed by atoms with E-state index in [9.17, 15) is 4.79 Å². The Bertz CT molecular complexity index is 1050. The molecule has 1 amide bonds. The Morgan fingerprint density at radius 3 is 2.56 bits per heavy atom. The molecule has 0 saturated carbocycles. The van der Waals surface area contributed by atoms with E-state index in [1.54, 1.807) is 14.2 Å². The third-order valence-corrected chi connectivity index (χ3v) is 7.23. The molecule has 2 aliphatic heterocycles. The number of carbonyl (C=O) groups excluding carboxylic acids is 1. The molecule has 7 heteroatoms. The second-order valence-corrected chi connectivity index (χ2v) is 9.96. The second kappa shape index (κ2) is 11.9. The van der Waals surface area contributed by atoms with Crippen molar-refractivity contribution in [1.82, 2.24) is 9.80 Å². The van der Waals surface area contributed by atoms with Crippen molar-refractivity contribution in [2.75, 3.05) is 47.1 Å². The van der Waals surface area contributed by atoms with E-state index >= 15 is 0 Å². The minimum absolute atomic E-state index is 0.126. The Labute approximate surface area is 215 Å². The van der Waals surface area contributed by atoms with Crippen molar-refractivity contribution >= 4 is 5.91 Å². The van der Waals surface area contributed by atoms with Gasteiger partial charge in [-0.25, -0.2) is 0 Å². The van der Waals surface area contributed by atoms with E-state index in [1.165, 1.54) is 12.8 Å². The molecular weight excluding hydrogens is 456 g/mol. The molecule has 0 N–H and O–H groups in total. The van der Waals surface area contributed by atoms with Crippen molar-refractivity contribution in [3.05, 3.63) is 35.9 Å². The average molecular weight is 497 g/mol. The van der Waals surface area contributed by atoms with Gasteiger partial charge in [-0.3, -0.25) is 4.79 Å². The van der Waals surface area contributed by atoms with E-state index in [0.29, 0.717) is 56.2 Å². The van der Waals surface area contributed by atoms with Gasteiger partial charge >= 0.3 is 0 Å². The number of methoxy groups -OCH3 is 2. The second-order valence-electron chi connectivity index (χ2n) is 9.96. The number of ether oxygens (including phenoxy) is 4. The minimum Gasteiger partial charge on any atom is -0.493 e. The van der Waals surface area contributed by atoms with Crippen LogP contribution < -0.4 is 18.9 Å². The van der Waals surface area contributed by atoms with Crippen LogP contribution in [-0.4, -0.2) is 68.8 Å². The number of likely N-dealkylation sites (tertiary alicyclic amines) is 1. The van der Waals surface area contributed by atoms with Crippen LogP contribution in [0.1, 0.15) is 45.6 Å². The van der Waals surface area contributed by atoms with Gasteiger partial charge in [0.2, 0.25) is 5.91 Å². The Kier molecular flexibility index (Phi) is 8.62. The Morgan fingerprint density at radius 2 is 1.83 bits per heavy atom. The average Bonchev–Trinajstić information content (AvgIpc) is 3.13. The third-order valence-electron chi connectivity index (χ3n) is 7.23. The number of piperidine rings is 1. The minimum atomic E-state index is 0.126. The molecule has 0 radical (unpaired) electrons. The first kappa shape index (κ1) is 26.1. The van der Waals surface area contributed by atoms with Crippen LogP contribution in [0.5, 0.6) is 23.0 Å². The van der Waals surface area contributed by atoms with Crippen LogP contribution in [0.25, 0.3) is 11.1 Å². The number of nitrogens with zero attached hydrogens (tertiary/aromatic N) is 2. The summed E-state index contributed by atoms with van der Waals surface area (Å²) in [4.78, 5) is 16.9. The summed E-state index contributed by atoms with van der Waals surface area (Å²) in [5.74, 6) is 3.45. The number of hydrogen-bond acceptors (Lipinski definition) is 6. The first-order chi connectivity index (χ1) is 17.4. The van der Waals surface area contributed by atoms with Gasteiger partial charge in [-0.05, 0) is 68.6 Å². The topological polar surface area (TPSA) is 60.5 Å². The van der Waals surface area contributed by atoms with Gasteiger partial charge in [-0.1, -0.05) is 13.0 Å². The fraction of sp³-hybridized carbons (Fsp3) is 0.552. The van der Waals surface area contributed by atoms with Gasteiger partial charge in [-0.15, -0.1) is 0 Å². The Hall–Kier alpha value is -2.93. The van der Waals surface area contributed by atoms with Crippen LogP contribution in [0, 0.1) is 5.92 Å². The zero-order chi connectivity index (χ0) is 25.7. The van der Waals surface area contributed by atoms with Crippen molar-refractivity contribution in [2.24, 2.45) is 5.92 Å². The quantitative estimate of drug-likeness (QED) is 0.513. The molecule has 0 aromatic heterocycles. The molecule has 2 aliphatic rings. The van der Waals surface area contributed by atoms with Crippen LogP contribution in [0.15, 0.2) is 30.3 Å². The predicted octanol–water partition coefficient (Wildman–Crippen LogP) is 5.00. The summed E-state index contributed by atoms with van der Waals surface area (Å²) in [6.07, 6.45) is 2.84. The van der Waals surface area contributed by atoms with Gasteiger partial charge in [0.1, 0.15) is 6.61 Å². The summed E-state index contributed by atoms with van der Waals surface area (Å²) in [6.45, 7) is 10.8. The molecule has 2 aromatic rings. The van der Waals surface area contributed by atoms with Gasteiger partial charge in [0, 0.05) is 37.0 Å². The van der Waals surface area contributed by atoms with Crippen LogP contribution in [0.4, 0.5) is 0 Å². The van der Waals surface area contributed by atoms with Gasteiger partial charge in [0.25, 0.3) is 0 Å². The van der Waals surface area contributed by atoms with Crippen molar-refractivity contribution in [3.63, 3.8) is 0 Å². The lowest BCUT2D eigenvalue weighted by Gasteiger charge is -2.35. The van der Waals surface area contributed by atoms with Gasteiger partial charge in [-0.2, -0.15) is 0 Å². The van der Waals surface area contributed by atoms with E-state index in [1.807, 2.05) is 30.0 Å². The summed E-state index contributed by atoms with van der Waals surface area (Å²) in [7, 11) is 3.27. The van der Waals surface area contributed by atoms with E-state index in [-0.39, 0.29) is 5.91 Å². The Balaban J connectivity index is 1.67. The van der Waals surface area contributed by atoms with Crippen molar-refractivity contribution in [3.8, 4) is 34.1 Å². The van der Waals surface area contributed by atoms with Gasteiger partial charge < -0.3 is 28.7 Å².